The van der Waals surface area contributed by atoms with Crippen molar-refractivity contribution in [3.05, 3.63) is 51.8 Å². The highest BCUT2D eigenvalue weighted by atomic mass is 32.2. The van der Waals surface area contributed by atoms with Crippen LogP contribution in [0.5, 0.6) is 0 Å². The van der Waals surface area contributed by atoms with Crippen molar-refractivity contribution >= 4 is 10.0 Å². The Bertz CT molecular complexity index is 886. The lowest BCUT2D eigenvalue weighted by Gasteiger charge is -2.10. The molecule has 1 aromatic carbocycles. The van der Waals surface area contributed by atoms with Crippen molar-refractivity contribution in [3.63, 3.8) is 0 Å². The fourth-order valence-electron chi connectivity index (χ4n) is 3.34. The molecule has 2 N–H and O–H groups in total. The number of nitrogens with one attached hydrogen (secondary N) is 2. The number of rotatable bonds is 7. The second-order valence-corrected chi connectivity index (χ2v) is 8.49. The van der Waals surface area contributed by atoms with Crippen LogP contribution in [0.4, 0.5) is 0 Å². The van der Waals surface area contributed by atoms with Crippen molar-refractivity contribution in [3.8, 4) is 11.3 Å². The van der Waals surface area contributed by atoms with Crippen molar-refractivity contribution in [1.29, 1.82) is 0 Å². The van der Waals surface area contributed by atoms with Gasteiger partial charge in [-0.05, 0) is 54.9 Å². The van der Waals surface area contributed by atoms with Crippen LogP contribution in [-0.4, -0.2) is 30.9 Å². The van der Waals surface area contributed by atoms with Gasteiger partial charge in [0.05, 0.1) is 11.4 Å². The molecular formula is C18H23N3O3S. The number of hydrogen-bond acceptors (Lipinski definition) is 4. The number of sulfonamides is 1. The summed E-state index contributed by atoms with van der Waals surface area (Å²) in [5.41, 5.74) is 4.12. The first-order valence-corrected chi connectivity index (χ1v) is 10.3. The first kappa shape index (κ1) is 17.8. The van der Waals surface area contributed by atoms with Crippen molar-refractivity contribution < 1.29 is 8.42 Å². The van der Waals surface area contributed by atoms with E-state index in [0.717, 1.165) is 30.5 Å². The molecule has 0 spiro atoms. The number of benzene rings is 1. The lowest BCUT2D eigenvalue weighted by Crippen LogP contribution is -2.28. The Morgan fingerprint density at radius 2 is 2.00 bits per heavy atom. The van der Waals surface area contributed by atoms with Crippen LogP contribution >= 0.6 is 0 Å². The molecular weight excluding hydrogens is 338 g/mol. The number of nitrogens with zero attached hydrogens (tertiary/aromatic N) is 1. The topological polar surface area (TPSA) is 91.9 Å². The minimum atomic E-state index is -3.12. The van der Waals surface area contributed by atoms with Crippen molar-refractivity contribution in [2.75, 3.05) is 12.3 Å². The summed E-state index contributed by atoms with van der Waals surface area (Å²) < 4.78 is 26.1. The third kappa shape index (κ3) is 4.55. The van der Waals surface area contributed by atoms with Crippen LogP contribution in [0.15, 0.2) is 35.1 Å². The van der Waals surface area contributed by atoms with Gasteiger partial charge in [0.1, 0.15) is 0 Å². The summed E-state index contributed by atoms with van der Waals surface area (Å²) in [4.78, 5) is 11.1. The molecule has 1 heterocycles. The van der Waals surface area contributed by atoms with Gasteiger partial charge in [0, 0.05) is 18.2 Å². The van der Waals surface area contributed by atoms with Gasteiger partial charge in [0.25, 0.3) is 5.56 Å². The van der Waals surface area contributed by atoms with Crippen molar-refractivity contribution in [1.82, 2.24) is 14.9 Å². The fourth-order valence-corrected chi connectivity index (χ4v) is 4.45. The summed E-state index contributed by atoms with van der Waals surface area (Å²) in [7, 11) is -3.12. The zero-order chi connectivity index (χ0) is 17.9. The molecule has 134 valence electrons. The summed E-state index contributed by atoms with van der Waals surface area (Å²) in [6, 6.07) is 9.44. The molecule has 3 rings (SSSR count). The fraction of sp³-hybridized carbons (Fsp3) is 0.444. The molecule has 0 aliphatic heterocycles. The number of H-pyrrole nitrogens is 1. The maximum atomic E-state index is 11.7. The summed E-state index contributed by atoms with van der Waals surface area (Å²) in [6.45, 7) is 2.36. The zero-order valence-corrected chi connectivity index (χ0v) is 15.1. The molecule has 1 unspecified atom stereocenters. The Morgan fingerprint density at radius 3 is 2.72 bits per heavy atom. The number of aromatic nitrogens is 2. The van der Waals surface area contributed by atoms with Gasteiger partial charge in [-0.1, -0.05) is 19.1 Å². The van der Waals surface area contributed by atoms with E-state index in [1.165, 1.54) is 17.2 Å². The van der Waals surface area contributed by atoms with E-state index in [9.17, 15) is 13.2 Å². The van der Waals surface area contributed by atoms with Crippen molar-refractivity contribution in [2.24, 2.45) is 5.92 Å². The monoisotopic (exact) mass is 361 g/mol. The molecule has 0 bridgehead atoms. The molecule has 25 heavy (non-hydrogen) atoms. The molecule has 2 aromatic rings. The minimum Gasteiger partial charge on any atom is -0.268 e. The first-order valence-electron chi connectivity index (χ1n) is 8.62. The van der Waals surface area contributed by atoms with Crippen LogP contribution in [-0.2, 0) is 22.9 Å². The van der Waals surface area contributed by atoms with E-state index >= 15 is 0 Å². The van der Waals surface area contributed by atoms with Gasteiger partial charge in [-0.25, -0.2) is 18.2 Å². The van der Waals surface area contributed by atoms with Crippen LogP contribution in [0.1, 0.15) is 30.9 Å². The Kier molecular flexibility index (Phi) is 5.34. The maximum Gasteiger partial charge on any atom is 0.264 e. The largest absolute Gasteiger partial charge is 0.268 e. The summed E-state index contributed by atoms with van der Waals surface area (Å²) in [6.07, 6.45) is 3.39. The van der Waals surface area contributed by atoms with E-state index in [0.29, 0.717) is 18.9 Å². The van der Waals surface area contributed by atoms with Gasteiger partial charge in [-0.3, -0.25) is 4.79 Å². The minimum absolute atomic E-state index is 0.188. The highest BCUT2D eigenvalue weighted by Gasteiger charge is 2.22. The van der Waals surface area contributed by atoms with E-state index in [4.69, 9.17) is 0 Å². The number of hydrogen-bond donors (Lipinski definition) is 2. The lowest BCUT2D eigenvalue weighted by molar-refractivity contribution is 0.504. The Balaban J connectivity index is 1.61. The standard InChI is InChI=1S/C18H23N3O3S/c1-2-9-25(23,24)19-8-7-13-10-14-3-4-15(12-16(14)11-13)17-5-6-18(22)21-20-17/h3-6,12-13,19H,2,7-11H2,1H3,(H,21,22). The second-order valence-electron chi connectivity index (χ2n) is 6.57. The normalized spacial score (nSPS) is 16.8. The molecule has 6 nitrogen and oxygen atoms in total. The second kappa shape index (κ2) is 7.49. The highest BCUT2D eigenvalue weighted by molar-refractivity contribution is 7.89. The molecule has 7 heteroatoms. The third-order valence-electron chi connectivity index (χ3n) is 4.55. The molecule has 0 fully saturated rings. The number of fused-ring (bicyclic) bond motifs is 1. The quantitative estimate of drug-likeness (QED) is 0.787. The van der Waals surface area contributed by atoms with Crippen LogP contribution < -0.4 is 10.3 Å². The average molecular weight is 361 g/mol. The Hall–Kier alpha value is -1.99. The van der Waals surface area contributed by atoms with Crippen LogP contribution in [0.3, 0.4) is 0 Å². The van der Waals surface area contributed by atoms with E-state index < -0.39 is 10.0 Å². The molecule has 0 radical (unpaired) electrons. The van der Waals surface area contributed by atoms with Gasteiger partial charge < -0.3 is 0 Å². The van der Waals surface area contributed by atoms with Crippen LogP contribution in [0.25, 0.3) is 11.3 Å². The molecule has 0 saturated heterocycles. The third-order valence-corrected chi connectivity index (χ3v) is 6.14. The van der Waals surface area contributed by atoms with Gasteiger partial charge in [0.15, 0.2) is 0 Å². The summed E-state index contributed by atoms with van der Waals surface area (Å²) in [5, 5.41) is 6.53. The molecule has 0 saturated carbocycles. The van der Waals surface area contributed by atoms with E-state index in [1.807, 2.05) is 13.0 Å². The Morgan fingerprint density at radius 1 is 1.20 bits per heavy atom. The SMILES string of the molecule is CCCS(=O)(=O)NCCC1Cc2ccc(-c3ccc(=O)[nH]n3)cc2C1. The van der Waals surface area contributed by atoms with E-state index in [1.54, 1.807) is 6.07 Å². The summed E-state index contributed by atoms with van der Waals surface area (Å²) in [5.74, 6) is 0.645. The first-order chi connectivity index (χ1) is 12.0. The zero-order valence-electron chi connectivity index (χ0n) is 14.3. The molecule has 1 aliphatic rings. The van der Waals surface area contributed by atoms with Crippen LogP contribution in [0, 0.1) is 5.92 Å². The highest BCUT2D eigenvalue weighted by Crippen LogP contribution is 2.31. The van der Waals surface area contributed by atoms with E-state index in [2.05, 4.69) is 27.1 Å². The van der Waals surface area contributed by atoms with E-state index in [-0.39, 0.29) is 11.3 Å². The van der Waals surface area contributed by atoms with Gasteiger partial charge >= 0.3 is 0 Å². The average Bonchev–Trinajstić information content (AvgIpc) is 2.97. The van der Waals surface area contributed by atoms with Gasteiger partial charge in [-0.15, -0.1) is 0 Å². The van der Waals surface area contributed by atoms with Crippen molar-refractivity contribution in [2.45, 2.75) is 32.6 Å². The molecule has 1 atom stereocenters. The predicted octanol–water partition coefficient (Wildman–Crippen LogP) is 1.87. The van der Waals surface area contributed by atoms with Gasteiger partial charge in [-0.2, -0.15) is 5.10 Å². The molecule has 1 aliphatic carbocycles. The van der Waals surface area contributed by atoms with Gasteiger partial charge in [0.2, 0.25) is 10.0 Å². The number of aromatic amines is 1. The Labute approximate surface area is 147 Å². The predicted molar refractivity (Wildman–Crippen MR) is 97.9 cm³/mol. The molecule has 1 aromatic heterocycles. The lowest BCUT2D eigenvalue weighted by atomic mass is 10.0. The summed E-state index contributed by atoms with van der Waals surface area (Å²) >= 11 is 0. The molecule has 0 amide bonds. The smallest absolute Gasteiger partial charge is 0.264 e. The van der Waals surface area contributed by atoms with Crippen LogP contribution in [0.2, 0.25) is 0 Å². The maximum absolute atomic E-state index is 11.7.